The Bertz CT molecular complexity index is 801. The topological polar surface area (TPSA) is 105 Å². The molecule has 0 N–H and O–H groups in total. The minimum atomic E-state index is -0.786. The Labute approximate surface area is 169 Å². The van der Waals surface area contributed by atoms with Crippen LogP contribution in [0.25, 0.3) is 0 Å². The van der Waals surface area contributed by atoms with E-state index in [9.17, 15) is 19.2 Å². The highest BCUT2D eigenvalue weighted by Crippen LogP contribution is 2.33. The molecule has 2 rings (SSSR count). The van der Waals surface area contributed by atoms with Crippen LogP contribution >= 0.6 is 0 Å². The SMILES string of the molecule is CC(=O)OCC1=C2[C@@H](OC(C)=O)C/C(C)=C/[C@@H](OC(C)=O)C/C(C)=C/[C@H]2OC1=O. The van der Waals surface area contributed by atoms with Crippen LogP contribution in [0.1, 0.15) is 47.5 Å². The van der Waals surface area contributed by atoms with Gasteiger partial charge < -0.3 is 18.9 Å². The van der Waals surface area contributed by atoms with Gasteiger partial charge in [-0.15, -0.1) is 0 Å². The van der Waals surface area contributed by atoms with Gasteiger partial charge in [-0.05, 0) is 26.0 Å². The van der Waals surface area contributed by atoms with Crippen molar-refractivity contribution in [3.63, 3.8) is 0 Å². The summed E-state index contributed by atoms with van der Waals surface area (Å²) in [5, 5.41) is 0. The predicted octanol–water partition coefficient (Wildman–Crippen LogP) is 2.32. The Balaban J connectivity index is 2.52. The molecule has 0 saturated carbocycles. The molecule has 0 aromatic carbocycles. The molecule has 2 aliphatic rings. The average Bonchev–Trinajstić information content (AvgIpc) is 2.85. The zero-order valence-electron chi connectivity index (χ0n) is 17.3. The van der Waals surface area contributed by atoms with Gasteiger partial charge in [0.15, 0.2) is 0 Å². The lowest BCUT2D eigenvalue weighted by Crippen LogP contribution is -2.27. The molecule has 0 fully saturated rings. The van der Waals surface area contributed by atoms with Crippen molar-refractivity contribution in [2.24, 2.45) is 0 Å². The molecule has 0 amide bonds. The van der Waals surface area contributed by atoms with Crippen molar-refractivity contribution in [2.45, 2.75) is 65.8 Å². The fourth-order valence-electron chi connectivity index (χ4n) is 3.44. The minimum absolute atomic E-state index is 0.172. The zero-order valence-corrected chi connectivity index (χ0v) is 17.3. The number of hydrogen-bond donors (Lipinski definition) is 0. The standard InChI is InChI=1S/C21H26O8/c1-11-6-16(27-14(4)23)7-12(2)9-19-20(18(8-11)28-15(5)24)17(21(25)29-19)10-26-13(3)22/h6,9,16,18-19H,7-8,10H2,1-5H3/b11-6+,12-9+/t16-,18+,19-/m1/s1. The Morgan fingerprint density at radius 2 is 1.59 bits per heavy atom. The van der Waals surface area contributed by atoms with Gasteiger partial charge >= 0.3 is 23.9 Å². The summed E-state index contributed by atoms with van der Waals surface area (Å²) >= 11 is 0. The van der Waals surface area contributed by atoms with Crippen molar-refractivity contribution in [1.29, 1.82) is 0 Å². The zero-order chi connectivity index (χ0) is 21.7. The quantitative estimate of drug-likeness (QED) is 0.398. The number of ether oxygens (including phenoxy) is 4. The maximum atomic E-state index is 12.5. The smallest absolute Gasteiger partial charge is 0.338 e. The summed E-state index contributed by atoms with van der Waals surface area (Å²) < 4.78 is 21.3. The molecule has 0 spiro atoms. The minimum Gasteiger partial charge on any atom is -0.461 e. The molecule has 0 aromatic heterocycles. The highest BCUT2D eigenvalue weighted by molar-refractivity contribution is 5.93. The molecule has 1 aliphatic carbocycles. The number of carbonyl (C=O) groups is 4. The molecule has 158 valence electrons. The summed E-state index contributed by atoms with van der Waals surface area (Å²) in [6.07, 6.45) is 2.21. The number of esters is 4. The Hall–Kier alpha value is -2.90. The normalized spacial score (nSPS) is 28.2. The molecule has 0 saturated heterocycles. The van der Waals surface area contributed by atoms with E-state index < -0.39 is 42.2 Å². The van der Waals surface area contributed by atoms with Crippen molar-refractivity contribution in [3.8, 4) is 0 Å². The van der Waals surface area contributed by atoms with Crippen LogP contribution in [0.15, 0.2) is 34.4 Å². The van der Waals surface area contributed by atoms with Crippen LogP contribution in [0.2, 0.25) is 0 Å². The van der Waals surface area contributed by atoms with E-state index in [1.54, 1.807) is 12.2 Å². The summed E-state index contributed by atoms with van der Waals surface area (Å²) in [5.74, 6) is -2.08. The van der Waals surface area contributed by atoms with Crippen molar-refractivity contribution in [2.75, 3.05) is 6.61 Å². The molecule has 8 heteroatoms. The van der Waals surface area contributed by atoms with Gasteiger partial charge in [-0.1, -0.05) is 11.1 Å². The first kappa shape index (κ1) is 22.4. The predicted molar refractivity (Wildman–Crippen MR) is 101 cm³/mol. The van der Waals surface area contributed by atoms with Gasteiger partial charge in [-0.3, -0.25) is 14.4 Å². The van der Waals surface area contributed by atoms with E-state index in [4.69, 9.17) is 18.9 Å². The summed E-state index contributed by atoms with van der Waals surface area (Å²) in [4.78, 5) is 46.8. The van der Waals surface area contributed by atoms with E-state index >= 15 is 0 Å². The van der Waals surface area contributed by atoms with Crippen molar-refractivity contribution in [3.05, 3.63) is 34.4 Å². The summed E-state index contributed by atoms with van der Waals surface area (Å²) in [6.45, 7) is 7.25. The van der Waals surface area contributed by atoms with Gasteiger partial charge in [0.1, 0.15) is 24.9 Å². The highest BCUT2D eigenvalue weighted by Gasteiger charge is 2.39. The fourth-order valence-corrected chi connectivity index (χ4v) is 3.44. The van der Waals surface area contributed by atoms with E-state index in [-0.39, 0.29) is 18.6 Å². The Kier molecular flexibility index (Phi) is 7.36. The number of hydrogen-bond acceptors (Lipinski definition) is 8. The van der Waals surface area contributed by atoms with Gasteiger partial charge in [-0.2, -0.15) is 0 Å². The van der Waals surface area contributed by atoms with E-state index in [2.05, 4.69) is 0 Å². The molecule has 0 aromatic rings. The van der Waals surface area contributed by atoms with Crippen molar-refractivity contribution in [1.82, 2.24) is 0 Å². The lowest BCUT2D eigenvalue weighted by Gasteiger charge is -2.25. The molecular formula is C21H26O8. The van der Waals surface area contributed by atoms with Crippen LogP contribution < -0.4 is 0 Å². The Morgan fingerprint density at radius 3 is 2.17 bits per heavy atom. The number of carbonyl (C=O) groups excluding carboxylic acids is 4. The lowest BCUT2D eigenvalue weighted by molar-refractivity contribution is -0.145. The monoisotopic (exact) mass is 406 g/mol. The molecule has 0 bridgehead atoms. The molecule has 0 radical (unpaired) electrons. The van der Waals surface area contributed by atoms with Crippen LogP contribution in [0, 0.1) is 0 Å². The first-order valence-electron chi connectivity index (χ1n) is 9.33. The first-order valence-corrected chi connectivity index (χ1v) is 9.33. The van der Waals surface area contributed by atoms with Crippen molar-refractivity contribution < 1.29 is 38.1 Å². The molecule has 3 atom stereocenters. The number of fused-ring (bicyclic) bond motifs is 1. The Morgan fingerprint density at radius 1 is 0.966 bits per heavy atom. The summed E-state index contributed by atoms with van der Waals surface area (Å²) in [7, 11) is 0. The molecule has 8 nitrogen and oxygen atoms in total. The molecule has 29 heavy (non-hydrogen) atoms. The van der Waals surface area contributed by atoms with E-state index in [0.717, 1.165) is 11.1 Å². The fraction of sp³-hybridized carbons (Fsp3) is 0.524. The van der Waals surface area contributed by atoms with Gasteiger partial charge in [0, 0.05) is 39.2 Å². The largest absolute Gasteiger partial charge is 0.461 e. The van der Waals surface area contributed by atoms with Gasteiger partial charge in [0.25, 0.3) is 0 Å². The van der Waals surface area contributed by atoms with Crippen LogP contribution in [0.4, 0.5) is 0 Å². The van der Waals surface area contributed by atoms with E-state index in [1.165, 1.54) is 20.8 Å². The van der Waals surface area contributed by atoms with Crippen LogP contribution in [0.5, 0.6) is 0 Å². The molecule has 1 aliphatic heterocycles. The molecule has 0 unspecified atom stereocenters. The van der Waals surface area contributed by atoms with Gasteiger partial charge in [0.2, 0.25) is 0 Å². The van der Waals surface area contributed by atoms with E-state index in [0.29, 0.717) is 12.0 Å². The third-order valence-corrected chi connectivity index (χ3v) is 4.46. The third-order valence-electron chi connectivity index (χ3n) is 4.46. The maximum absolute atomic E-state index is 12.5. The van der Waals surface area contributed by atoms with Gasteiger partial charge in [-0.25, -0.2) is 4.79 Å². The van der Waals surface area contributed by atoms with Crippen LogP contribution in [0.3, 0.4) is 0 Å². The van der Waals surface area contributed by atoms with Crippen LogP contribution in [-0.4, -0.2) is 48.8 Å². The summed E-state index contributed by atoms with van der Waals surface area (Å²) in [5.41, 5.74) is 2.28. The second-order valence-electron chi connectivity index (χ2n) is 7.22. The first-order chi connectivity index (χ1) is 13.6. The lowest BCUT2D eigenvalue weighted by atomic mass is 9.91. The van der Waals surface area contributed by atoms with Crippen molar-refractivity contribution >= 4 is 23.9 Å². The molecular weight excluding hydrogens is 380 g/mol. The molecule has 1 heterocycles. The van der Waals surface area contributed by atoms with Crippen LogP contribution in [-0.2, 0) is 38.1 Å². The number of rotatable bonds is 4. The second-order valence-corrected chi connectivity index (χ2v) is 7.22. The highest BCUT2D eigenvalue weighted by atomic mass is 16.6. The summed E-state index contributed by atoms with van der Waals surface area (Å²) in [6, 6.07) is 0. The second kappa shape index (κ2) is 9.54. The van der Waals surface area contributed by atoms with E-state index in [1.807, 2.05) is 13.8 Å². The average molecular weight is 406 g/mol. The van der Waals surface area contributed by atoms with Gasteiger partial charge in [0.05, 0.1) is 5.57 Å². The maximum Gasteiger partial charge on any atom is 0.338 e. The third kappa shape index (κ3) is 6.30.